The molecule has 1 aromatic carbocycles. The van der Waals surface area contributed by atoms with Gasteiger partial charge in [0.1, 0.15) is 6.23 Å². The Morgan fingerprint density at radius 3 is 2.85 bits per heavy atom. The third-order valence-corrected chi connectivity index (χ3v) is 3.97. The van der Waals surface area contributed by atoms with Gasteiger partial charge in [-0.3, -0.25) is 4.68 Å². The van der Waals surface area contributed by atoms with Gasteiger partial charge >= 0.3 is 0 Å². The first-order valence-electron chi connectivity index (χ1n) is 6.89. The van der Waals surface area contributed by atoms with Crippen LogP contribution < -0.4 is 11.1 Å². The Labute approximate surface area is 118 Å². The summed E-state index contributed by atoms with van der Waals surface area (Å²) < 4.78 is 1.95. The number of aliphatic hydroxyl groups excluding tert-OH is 1. The fourth-order valence-corrected chi connectivity index (χ4v) is 2.69. The minimum Gasteiger partial charge on any atom is -0.374 e. The van der Waals surface area contributed by atoms with Gasteiger partial charge in [0.2, 0.25) is 0 Å². The van der Waals surface area contributed by atoms with Crippen LogP contribution in [0.2, 0.25) is 0 Å². The number of nitrogens with zero attached hydrogens (tertiary/aromatic N) is 2. The second-order valence-corrected chi connectivity index (χ2v) is 5.35. The van der Waals surface area contributed by atoms with E-state index in [1.807, 2.05) is 10.7 Å². The van der Waals surface area contributed by atoms with Crippen molar-refractivity contribution in [3.63, 3.8) is 0 Å². The van der Waals surface area contributed by atoms with Gasteiger partial charge in [-0.05, 0) is 31.0 Å². The van der Waals surface area contributed by atoms with E-state index in [4.69, 9.17) is 5.73 Å². The van der Waals surface area contributed by atoms with E-state index in [-0.39, 0.29) is 0 Å². The molecule has 1 atom stereocenters. The number of nitrogens with two attached hydrogens (primary N) is 1. The molecular weight excluding hydrogens is 252 g/mol. The summed E-state index contributed by atoms with van der Waals surface area (Å²) in [4.78, 5) is 0. The van der Waals surface area contributed by atoms with Crippen molar-refractivity contribution < 1.29 is 5.11 Å². The summed E-state index contributed by atoms with van der Waals surface area (Å²) >= 11 is 0. The Kier molecular flexibility index (Phi) is 3.33. The molecule has 3 rings (SSSR count). The summed E-state index contributed by atoms with van der Waals surface area (Å²) in [5.74, 6) is 0. The zero-order valence-corrected chi connectivity index (χ0v) is 11.8. The van der Waals surface area contributed by atoms with Gasteiger partial charge in [0.05, 0.1) is 17.9 Å². The number of hydrogen-bond acceptors (Lipinski definition) is 4. The largest absolute Gasteiger partial charge is 0.374 e. The normalized spacial score (nSPS) is 16.0. The highest BCUT2D eigenvalue weighted by atomic mass is 16.3. The van der Waals surface area contributed by atoms with Crippen LogP contribution in [0.15, 0.2) is 18.2 Å². The van der Waals surface area contributed by atoms with Crippen molar-refractivity contribution in [2.75, 3.05) is 6.54 Å². The Bertz CT molecular complexity index is 646. The fraction of sp³-hybridized carbons (Fsp3) is 0.400. The third kappa shape index (κ3) is 2.14. The van der Waals surface area contributed by atoms with Gasteiger partial charge in [0, 0.05) is 24.2 Å². The molecule has 2 aromatic rings. The zero-order chi connectivity index (χ0) is 14.3. The number of benzene rings is 1. The zero-order valence-electron chi connectivity index (χ0n) is 11.8. The first-order valence-corrected chi connectivity index (χ1v) is 6.89. The number of aliphatic hydroxyl groups is 1. The van der Waals surface area contributed by atoms with Gasteiger partial charge in [-0.25, -0.2) is 0 Å². The number of nitrogens with one attached hydrogen (secondary N) is 1. The maximum absolute atomic E-state index is 9.93. The van der Waals surface area contributed by atoms with Gasteiger partial charge in [-0.2, -0.15) is 5.10 Å². The molecule has 0 saturated heterocycles. The van der Waals surface area contributed by atoms with Crippen LogP contribution in [0.25, 0.3) is 11.3 Å². The van der Waals surface area contributed by atoms with Crippen LogP contribution in [-0.2, 0) is 13.1 Å². The molecule has 0 fully saturated rings. The van der Waals surface area contributed by atoms with Crippen LogP contribution in [0.1, 0.15) is 28.6 Å². The molecule has 2 heterocycles. The van der Waals surface area contributed by atoms with Gasteiger partial charge in [0.15, 0.2) is 0 Å². The minimum atomic E-state index is -1.00. The third-order valence-electron chi connectivity index (χ3n) is 3.97. The second kappa shape index (κ2) is 5.01. The maximum atomic E-state index is 9.93. The van der Waals surface area contributed by atoms with E-state index in [2.05, 4.69) is 36.4 Å². The average Bonchev–Trinajstić information content (AvgIpc) is 2.81. The summed E-state index contributed by atoms with van der Waals surface area (Å²) in [5.41, 5.74) is 11.7. The molecule has 1 aliphatic rings. The van der Waals surface area contributed by atoms with Crippen LogP contribution in [0.5, 0.6) is 0 Å². The molecule has 5 nitrogen and oxygen atoms in total. The molecule has 1 aromatic heterocycles. The molecule has 0 spiro atoms. The van der Waals surface area contributed by atoms with Crippen molar-refractivity contribution in [2.45, 2.75) is 33.2 Å². The SMILES string of the molecule is Cc1ccc(-c2nn3c(c2C(N)O)CNCC3)cc1C. The van der Waals surface area contributed by atoms with Crippen LogP contribution >= 0.6 is 0 Å². The van der Waals surface area contributed by atoms with E-state index in [1.54, 1.807) is 0 Å². The monoisotopic (exact) mass is 272 g/mol. The topological polar surface area (TPSA) is 76.1 Å². The molecule has 0 amide bonds. The molecule has 20 heavy (non-hydrogen) atoms. The highest BCUT2D eigenvalue weighted by Crippen LogP contribution is 2.30. The Morgan fingerprint density at radius 2 is 2.15 bits per heavy atom. The summed E-state index contributed by atoms with van der Waals surface area (Å²) in [5, 5.41) is 17.9. The summed E-state index contributed by atoms with van der Waals surface area (Å²) in [6, 6.07) is 6.22. The van der Waals surface area contributed by atoms with Gasteiger partial charge < -0.3 is 16.2 Å². The van der Waals surface area contributed by atoms with E-state index in [1.165, 1.54) is 11.1 Å². The molecule has 0 radical (unpaired) electrons. The first kappa shape index (κ1) is 13.3. The van der Waals surface area contributed by atoms with Crippen LogP contribution in [0.3, 0.4) is 0 Å². The highest BCUT2D eigenvalue weighted by Gasteiger charge is 2.24. The smallest absolute Gasteiger partial charge is 0.132 e. The first-order chi connectivity index (χ1) is 9.58. The summed E-state index contributed by atoms with van der Waals surface area (Å²) in [6.45, 7) is 6.55. The van der Waals surface area contributed by atoms with Crippen molar-refractivity contribution >= 4 is 0 Å². The number of hydrogen-bond donors (Lipinski definition) is 3. The molecule has 1 unspecified atom stereocenters. The van der Waals surface area contributed by atoms with E-state index in [0.717, 1.165) is 35.6 Å². The maximum Gasteiger partial charge on any atom is 0.132 e. The van der Waals surface area contributed by atoms with Crippen molar-refractivity contribution in [3.8, 4) is 11.3 Å². The van der Waals surface area contributed by atoms with E-state index < -0.39 is 6.23 Å². The Hall–Kier alpha value is -1.69. The molecule has 4 N–H and O–H groups in total. The van der Waals surface area contributed by atoms with Crippen LogP contribution in [-0.4, -0.2) is 21.4 Å². The van der Waals surface area contributed by atoms with E-state index >= 15 is 0 Å². The Morgan fingerprint density at radius 1 is 1.35 bits per heavy atom. The average molecular weight is 272 g/mol. The van der Waals surface area contributed by atoms with Gasteiger partial charge in [-0.15, -0.1) is 0 Å². The molecule has 0 bridgehead atoms. The number of rotatable bonds is 2. The predicted molar refractivity (Wildman–Crippen MR) is 78.0 cm³/mol. The molecule has 1 aliphatic heterocycles. The highest BCUT2D eigenvalue weighted by molar-refractivity contribution is 5.66. The molecular formula is C15H20N4O. The van der Waals surface area contributed by atoms with Crippen molar-refractivity contribution in [1.82, 2.24) is 15.1 Å². The lowest BCUT2D eigenvalue weighted by Gasteiger charge is -2.16. The summed E-state index contributed by atoms with van der Waals surface area (Å²) in [7, 11) is 0. The van der Waals surface area contributed by atoms with Crippen LogP contribution in [0.4, 0.5) is 0 Å². The second-order valence-electron chi connectivity index (χ2n) is 5.35. The summed E-state index contributed by atoms with van der Waals surface area (Å²) in [6.07, 6.45) is -1.00. The lowest BCUT2D eigenvalue weighted by Crippen LogP contribution is -2.29. The molecule has 5 heteroatoms. The number of fused-ring (bicyclic) bond motifs is 1. The van der Waals surface area contributed by atoms with Crippen molar-refractivity contribution in [3.05, 3.63) is 40.6 Å². The molecule has 106 valence electrons. The van der Waals surface area contributed by atoms with Crippen LogP contribution in [0, 0.1) is 13.8 Å². The fourth-order valence-electron chi connectivity index (χ4n) is 2.69. The number of aromatic nitrogens is 2. The quantitative estimate of drug-likeness (QED) is 0.719. The number of aryl methyl sites for hydroxylation is 2. The lowest BCUT2D eigenvalue weighted by atomic mass is 10.00. The molecule has 0 aliphatic carbocycles. The predicted octanol–water partition coefficient (Wildman–Crippen LogP) is 1.22. The van der Waals surface area contributed by atoms with E-state index in [9.17, 15) is 5.11 Å². The Balaban J connectivity index is 2.17. The van der Waals surface area contributed by atoms with E-state index in [0.29, 0.717) is 6.54 Å². The minimum absolute atomic E-state index is 0.696. The molecule has 0 saturated carbocycles. The van der Waals surface area contributed by atoms with Gasteiger partial charge in [-0.1, -0.05) is 12.1 Å². The lowest BCUT2D eigenvalue weighted by molar-refractivity contribution is 0.185. The standard InChI is InChI=1S/C15H20N4O/c1-9-3-4-11(7-10(9)2)14-13(15(16)20)12-8-17-5-6-19(12)18-14/h3-4,7,15,17,20H,5-6,8,16H2,1-2H3. The van der Waals surface area contributed by atoms with Gasteiger partial charge in [0.25, 0.3) is 0 Å². The van der Waals surface area contributed by atoms with Crippen molar-refractivity contribution in [1.29, 1.82) is 0 Å². The van der Waals surface area contributed by atoms with Crippen molar-refractivity contribution in [2.24, 2.45) is 5.73 Å².